The molecule has 12 atom stereocenters. The Morgan fingerprint density at radius 3 is 1.04 bits per heavy atom. The van der Waals surface area contributed by atoms with E-state index in [1.54, 1.807) is 84.9 Å². The Hall–Kier alpha value is -14.1. The van der Waals surface area contributed by atoms with E-state index in [4.69, 9.17) is 110 Å². The highest BCUT2D eigenvalue weighted by Gasteiger charge is 2.53. The number of hydrogen-bond acceptors (Lipinski definition) is 24. The molecule has 748 valence electrons. The summed E-state index contributed by atoms with van der Waals surface area (Å²) in [6.45, 7) is 27.8. The van der Waals surface area contributed by atoms with Gasteiger partial charge in [0.1, 0.15) is 51.2 Å². The minimum atomic E-state index is -0.538. The molecule has 12 unspecified atom stereocenters. The number of urea groups is 2. The van der Waals surface area contributed by atoms with Crippen molar-refractivity contribution in [1.29, 1.82) is 0 Å². The van der Waals surface area contributed by atoms with Gasteiger partial charge in [0.25, 0.3) is 5.91 Å². The Morgan fingerprint density at radius 2 is 0.715 bits per heavy atom. The molecule has 0 aliphatic carbocycles. The number of aryl methyl sites for hydroxylation is 1. The number of morpholine rings is 1. The zero-order chi connectivity index (χ0) is 102. The summed E-state index contributed by atoms with van der Waals surface area (Å²) in [6.07, 6.45) is 2.68. The fraction of sp³-hybridized carbons (Fsp3) is 0.411. The first kappa shape index (κ1) is 104. The molecule has 144 heavy (non-hydrogen) atoms. The molecule has 7 aromatic rings. The summed E-state index contributed by atoms with van der Waals surface area (Å²) in [5, 5.41) is 27.6. The molecular weight excluding hydrogens is 1940 g/mol. The van der Waals surface area contributed by atoms with Crippen LogP contribution in [0.2, 0.25) is 25.1 Å². The van der Waals surface area contributed by atoms with Gasteiger partial charge in [-0.2, -0.15) is 0 Å². The third-order valence-electron chi connectivity index (χ3n) is 24.4. The van der Waals surface area contributed by atoms with Crippen molar-refractivity contribution in [2.75, 3.05) is 78.7 Å². The second kappa shape index (κ2) is 47.9. The number of benzene rings is 5. The van der Waals surface area contributed by atoms with Crippen LogP contribution in [0.15, 0.2) is 193 Å². The summed E-state index contributed by atoms with van der Waals surface area (Å²) in [7, 11) is 0. The molecule has 0 N–H and O–H groups in total. The number of oxime groups is 6. The molecule has 0 radical (unpaired) electrons. The predicted octanol–water partition coefficient (Wildman–Crippen LogP) is 18.2. The van der Waals surface area contributed by atoms with Gasteiger partial charge in [-0.1, -0.05) is 155 Å². The monoisotopic (exact) mass is 2050 g/mol. The number of fused-ring (bicyclic) bond motifs is 6. The lowest BCUT2D eigenvalue weighted by molar-refractivity contribution is -0.0445. The number of rotatable bonds is 4. The lowest BCUT2D eigenvalue weighted by Gasteiger charge is -2.32. The van der Waals surface area contributed by atoms with Crippen molar-refractivity contribution in [3.63, 3.8) is 0 Å². The van der Waals surface area contributed by atoms with Crippen molar-refractivity contribution in [2.45, 2.75) is 169 Å². The van der Waals surface area contributed by atoms with Gasteiger partial charge in [-0.3, -0.25) is 34.2 Å². The van der Waals surface area contributed by atoms with E-state index in [1.807, 2.05) is 182 Å². The first-order valence-corrected chi connectivity index (χ1v) is 49.4. The lowest BCUT2D eigenvalue weighted by Crippen LogP contribution is -2.50. The van der Waals surface area contributed by atoms with Crippen LogP contribution in [0, 0.1) is 113 Å². The number of furan rings is 1. The minimum Gasteiger partial charge on any atom is -0.459 e. The number of likely N-dealkylation sites (tertiary alicyclic amines) is 6. The molecule has 13 aliphatic rings. The highest BCUT2D eigenvalue weighted by Crippen LogP contribution is 2.40. The molecule has 7 fully saturated rings. The number of ether oxygens (including phenoxy) is 4. The van der Waals surface area contributed by atoms with Gasteiger partial charge in [0, 0.05) is 124 Å². The summed E-state index contributed by atoms with van der Waals surface area (Å²) in [5.41, 5.74) is 8.70. The SMILES string of the molecule is CC(C)(C)OC(=O)N1CCC2C(C#Cc3cccc(Cl)c3)=NOC21.CCN(C(=O)N1CCC2C(C#Cc3cccc(Cl)c3)=NOC21)C(C)C.CCOC(=O)N1CCC2C(C#Cc3cccc(Cl)c3)=NOC21.Cc1cccc(C#CC2=NOC3C2CCN3C(=O)OC(C)(C)C)n1.O=C(N1CCOCC1)N1CCC2C(C#Cc3cccc(Cl)c3)=NOC21.O=C(c1ccco1)N1CCC2C(C#Cc3cccc(Cl)c3)=NOC21. The van der Waals surface area contributed by atoms with Crippen LogP contribution in [0.4, 0.5) is 24.0 Å². The quantitative estimate of drug-likeness (QED) is 0.117. The number of aromatic nitrogens is 1. The minimum absolute atomic E-state index is 0.00394. The molecule has 37 heteroatoms. The van der Waals surface area contributed by atoms with Gasteiger partial charge >= 0.3 is 30.3 Å². The number of carbonyl (C=O) groups is 6. The number of carbonyl (C=O) groups excluding carboxylic acids is 6. The molecule has 0 spiro atoms. The molecule has 0 bridgehead atoms. The van der Waals surface area contributed by atoms with Gasteiger partial charge in [0.15, 0.2) is 5.76 Å². The van der Waals surface area contributed by atoms with Gasteiger partial charge in [-0.25, -0.2) is 29.0 Å². The van der Waals surface area contributed by atoms with Crippen molar-refractivity contribution >= 4 is 129 Å². The third-order valence-corrected chi connectivity index (χ3v) is 25.6. The molecule has 5 aromatic carbocycles. The normalized spacial score (nSPS) is 22.4. The molecule has 2 aromatic heterocycles. The third kappa shape index (κ3) is 26.7. The van der Waals surface area contributed by atoms with Crippen LogP contribution in [0.1, 0.15) is 158 Å². The van der Waals surface area contributed by atoms with Crippen LogP contribution in [-0.4, -0.2) is 248 Å². The summed E-state index contributed by atoms with van der Waals surface area (Å²) in [6, 6.07) is 45.9. The van der Waals surface area contributed by atoms with Gasteiger partial charge in [0.05, 0.1) is 61.6 Å². The number of amides is 8. The number of nitrogens with zero attached hydrogens (tertiary/aromatic N) is 15. The van der Waals surface area contributed by atoms with E-state index in [2.05, 4.69) is 107 Å². The largest absolute Gasteiger partial charge is 0.459 e. The van der Waals surface area contributed by atoms with E-state index in [-0.39, 0.29) is 90.3 Å². The first-order valence-electron chi connectivity index (χ1n) is 47.5. The Kier molecular flexibility index (Phi) is 34.7. The molecular formula is C107H108Cl5N15O17. The first-order chi connectivity index (χ1) is 69.3. The summed E-state index contributed by atoms with van der Waals surface area (Å²) >= 11 is 29.8. The lowest BCUT2D eigenvalue weighted by atomic mass is 10.0. The van der Waals surface area contributed by atoms with Crippen molar-refractivity contribution < 1.29 is 81.2 Å². The highest BCUT2D eigenvalue weighted by atomic mass is 35.5. The van der Waals surface area contributed by atoms with Gasteiger partial charge in [-0.05, 0) is 271 Å². The maximum absolute atomic E-state index is 12.8. The van der Waals surface area contributed by atoms with Crippen LogP contribution >= 0.6 is 58.0 Å². The van der Waals surface area contributed by atoms with Crippen molar-refractivity contribution in [3.05, 3.63) is 228 Å². The average Bonchev–Trinajstić information content (AvgIpc) is 1.64. The molecule has 20 rings (SSSR count). The van der Waals surface area contributed by atoms with Crippen LogP contribution in [0.25, 0.3) is 0 Å². The Labute approximate surface area is 861 Å². The standard InChI is InChI=1S/C19H22ClN3O2.C18H18ClN3O3.C18H13ClN2O3.C18H19ClN2O3.C18H21N3O3.C16H15ClN2O3/c1-4-22(13(2)3)19(24)23-11-10-16-17(21-25-18(16)23)9-8-14-6-5-7-15(20)12-14;19-14-3-1-2-13(12-14)4-5-16-15-6-7-22(17(15)25-20-16)18(23)21-8-10-24-11-9-21;19-13-4-1-3-12(11-13)6-7-15-14-8-9-21(18(14)24-20-15)17(22)16-5-2-10-23-16;1-18(2,3)23-17(22)21-10-9-14-15(20-24-16(14)21)8-7-12-5-4-6-13(19)11-12;1-12-6-5-7-13(19-12)8-9-15-14-10-11-21(16(14)24-20-15)17(22)23-18(2,3)4;1-2-21-16(20)19-9-8-13-14(18-22-15(13)19)7-6-11-4-3-5-12(17)10-11/h5-7,12-13,16,18H,4,10-11H2,1-3H3;1-3,12,15,17H,6-11H2;1-5,10-11,14,18H,8-9H2;4-6,11,14,16H,9-10H2,1-3H3;5-7,14,16H,10-11H2,1-4H3;3-5,10,13,15H,2,8-9H2,1H3. The highest BCUT2D eigenvalue weighted by molar-refractivity contribution is 6.32. The molecule has 15 heterocycles. The van der Waals surface area contributed by atoms with E-state index in [0.29, 0.717) is 150 Å². The number of halogens is 5. The predicted molar refractivity (Wildman–Crippen MR) is 543 cm³/mol. The zero-order valence-corrected chi connectivity index (χ0v) is 85.1. The summed E-state index contributed by atoms with van der Waals surface area (Å²) in [5.74, 6) is 36.8. The van der Waals surface area contributed by atoms with Crippen molar-refractivity contribution in [3.8, 4) is 71.0 Å². The second-order valence-corrected chi connectivity index (χ2v) is 39.3. The van der Waals surface area contributed by atoms with Crippen molar-refractivity contribution in [2.24, 2.45) is 66.4 Å². The molecule has 13 aliphatic heterocycles. The van der Waals surface area contributed by atoms with Crippen LogP contribution in [0.5, 0.6) is 0 Å². The maximum Gasteiger partial charge on any atom is 0.413 e. The topological polar surface area (TPSA) is 321 Å². The van der Waals surface area contributed by atoms with E-state index in [9.17, 15) is 28.8 Å². The van der Waals surface area contributed by atoms with E-state index < -0.39 is 36.1 Å². The molecule has 8 amide bonds. The summed E-state index contributed by atoms with van der Waals surface area (Å²) in [4.78, 5) is 125. The Balaban J connectivity index is 0.000000130. The summed E-state index contributed by atoms with van der Waals surface area (Å²) < 4.78 is 26.3. The van der Waals surface area contributed by atoms with E-state index >= 15 is 0 Å². The fourth-order valence-corrected chi connectivity index (χ4v) is 18.4. The van der Waals surface area contributed by atoms with E-state index in [0.717, 1.165) is 72.0 Å². The van der Waals surface area contributed by atoms with Crippen molar-refractivity contribution in [1.82, 2.24) is 44.2 Å². The number of pyridine rings is 1. The number of hydrogen-bond donors (Lipinski definition) is 0. The second-order valence-electron chi connectivity index (χ2n) is 37.1. The fourth-order valence-electron chi connectivity index (χ4n) is 17.4. The molecule has 32 nitrogen and oxygen atoms in total. The van der Waals surface area contributed by atoms with Gasteiger partial charge in [-0.15, -0.1) is 0 Å². The van der Waals surface area contributed by atoms with Crippen LogP contribution in [0.3, 0.4) is 0 Å². The smallest absolute Gasteiger partial charge is 0.413 e. The van der Waals surface area contributed by atoms with Crippen LogP contribution < -0.4 is 0 Å². The maximum atomic E-state index is 12.8. The zero-order valence-electron chi connectivity index (χ0n) is 81.3. The van der Waals surface area contributed by atoms with E-state index in [1.165, 1.54) is 6.26 Å². The molecule has 7 saturated heterocycles. The van der Waals surface area contributed by atoms with Crippen LogP contribution in [-0.2, 0) is 48.0 Å². The van der Waals surface area contributed by atoms with Gasteiger partial charge in [0.2, 0.25) is 37.4 Å². The van der Waals surface area contributed by atoms with Gasteiger partial charge < -0.3 is 62.2 Å². The average molecular weight is 2050 g/mol. The Bertz CT molecular complexity index is 6410. The Morgan fingerprint density at radius 1 is 0.396 bits per heavy atom. The molecule has 0 saturated carbocycles.